The average molecular weight is 196 g/mol. The Morgan fingerprint density at radius 2 is 2.14 bits per heavy atom. The molecule has 76 valence electrons. The Morgan fingerprint density at radius 3 is 2.71 bits per heavy atom. The number of nitrogens with zero attached hydrogens (tertiary/aromatic N) is 1. The van der Waals surface area contributed by atoms with E-state index in [0.717, 1.165) is 25.7 Å². The van der Waals surface area contributed by atoms with E-state index in [1.165, 1.54) is 0 Å². The van der Waals surface area contributed by atoms with Gasteiger partial charge in [-0.2, -0.15) is 0 Å². The van der Waals surface area contributed by atoms with E-state index in [1.54, 1.807) is 0 Å². The second-order valence-corrected chi connectivity index (χ2v) is 3.59. The van der Waals surface area contributed by atoms with Crippen LogP contribution in [0.1, 0.15) is 47.7 Å². The maximum absolute atomic E-state index is 10.9. The number of hydrogen-bond acceptors (Lipinski definition) is 4. The minimum absolute atomic E-state index is 0.0144. The molecule has 0 atom stereocenters. The molecular formula is C9H12N2O3. The smallest absolute Gasteiger partial charge is 0.343 e. The van der Waals surface area contributed by atoms with Crippen LogP contribution in [0.2, 0.25) is 0 Å². The van der Waals surface area contributed by atoms with Crippen LogP contribution in [0.25, 0.3) is 0 Å². The van der Waals surface area contributed by atoms with Gasteiger partial charge in [-0.3, -0.25) is 0 Å². The first-order valence-corrected chi connectivity index (χ1v) is 4.68. The molecule has 0 spiro atoms. The number of nitrogen functional groups attached to an aromatic ring is 1. The molecule has 0 radical (unpaired) electrons. The summed E-state index contributed by atoms with van der Waals surface area (Å²) in [5, 5.41) is 12.4. The molecule has 1 aliphatic rings. The van der Waals surface area contributed by atoms with Crippen molar-refractivity contribution in [1.82, 2.24) is 5.16 Å². The molecule has 14 heavy (non-hydrogen) atoms. The van der Waals surface area contributed by atoms with Crippen molar-refractivity contribution in [2.45, 2.75) is 31.6 Å². The number of carbonyl (C=O) groups is 1. The minimum Gasteiger partial charge on any atom is -0.477 e. The fraction of sp³-hybridized carbons (Fsp3) is 0.556. The highest BCUT2D eigenvalue weighted by Crippen LogP contribution is 2.37. The van der Waals surface area contributed by atoms with Crippen LogP contribution in [0, 0.1) is 0 Å². The third-order valence-corrected chi connectivity index (χ3v) is 2.68. The predicted octanol–water partition coefficient (Wildman–Crippen LogP) is 1.61. The Labute approximate surface area is 80.9 Å². The third kappa shape index (κ3) is 1.34. The molecule has 5 heteroatoms. The summed E-state index contributed by atoms with van der Waals surface area (Å²) in [6, 6.07) is 0. The molecule has 1 aromatic heterocycles. The van der Waals surface area contributed by atoms with Crippen molar-refractivity contribution in [3.8, 4) is 0 Å². The van der Waals surface area contributed by atoms with Gasteiger partial charge in [0.2, 0.25) is 0 Å². The van der Waals surface area contributed by atoms with E-state index in [-0.39, 0.29) is 17.3 Å². The van der Waals surface area contributed by atoms with Crippen molar-refractivity contribution in [2.75, 3.05) is 5.73 Å². The molecule has 0 bridgehead atoms. The highest BCUT2D eigenvalue weighted by molar-refractivity contribution is 5.93. The topological polar surface area (TPSA) is 89.4 Å². The van der Waals surface area contributed by atoms with Gasteiger partial charge < -0.3 is 15.4 Å². The SMILES string of the molecule is Nc1noc(C2CCCC2)c1C(=O)O. The van der Waals surface area contributed by atoms with Gasteiger partial charge >= 0.3 is 5.97 Å². The second-order valence-electron chi connectivity index (χ2n) is 3.59. The van der Waals surface area contributed by atoms with Crippen LogP contribution < -0.4 is 5.73 Å². The Morgan fingerprint density at radius 1 is 1.50 bits per heavy atom. The lowest BCUT2D eigenvalue weighted by molar-refractivity contribution is 0.0694. The number of anilines is 1. The van der Waals surface area contributed by atoms with Crippen LogP contribution in [0.3, 0.4) is 0 Å². The van der Waals surface area contributed by atoms with Crippen molar-refractivity contribution in [3.05, 3.63) is 11.3 Å². The summed E-state index contributed by atoms with van der Waals surface area (Å²) in [6.07, 6.45) is 4.17. The van der Waals surface area contributed by atoms with Gasteiger partial charge in [-0.05, 0) is 12.8 Å². The van der Waals surface area contributed by atoms with Gasteiger partial charge in [0, 0.05) is 5.92 Å². The van der Waals surface area contributed by atoms with E-state index in [4.69, 9.17) is 15.4 Å². The number of carboxylic acids is 1. The summed E-state index contributed by atoms with van der Waals surface area (Å²) >= 11 is 0. The number of aromatic nitrogens is 1. The number of carboxylic acid groups (broad SMARTS) is 1. The second kappa shape index (κ2) is 3.32. The molecule has 1 fully saturated rings. The predicted molar refractivity (Wildman–Crippen MR) is 49.1 cm³/mol. The standard InChI is InChI=1S/C9H12N2O3/c10-8-6(9(12)13)7(14-11-8)5-3-1-2-4-5/h5H,1-4H2,(H2,10,11)(H,12,13). The normalized spacial score (nSPS) is 17.4. The van der Waals surface area contributed by atoms with E-state index in [0.29, 0.717) is 5.76 Å². The number of aromatic carboxylic acids is 1. The number of hydrogen-bond donors (Lipinski definition) is 2. The number of rotatable bonds is 2. The molecule has 0 aromatic carbocycles. The summed E-state index contributed by atoms with van der Waals surface area (Å²) in [7, 11) is 0. The third-order valence-electron chi connectivity index (χ3n) is 2.68. The van der Waals surface area contributed by atoms with Gasteiger partial charge in [-0.15, -0.1) is 0 Å². The van der Waals surface area contributed by atoms with Crippen LogP contribution in [-0.4, -0.2) is 16.2 Å². The lowest BCUT2D eigenvalue weighted by Gasteiger charge is -2.04. The lowest BCUT2D eigenvalue weighted by atomic mass is 10.0. The maximum atomic E-state index is 10.9. The molecule has 0 saturated heterocycles. The Bertz CT molecular complexity index is 353. The van der Waals surface area contributed by atoms with Crippen LogP contribution in [0.5, 0.6) is 0 Å². The summed E-state index contributed by atoms with van der Waals surface area (Å²) in [6.45, 7) is 0. The molecular weight excluding hydrogens is 184 g/mol. The minimum atomic E-state index is -1.05. The molecule has 1 aliphatic carbocycles. The van der Waals surface area contributed by atoms with Gasteiger partial charge in [0.05, 0.1) is 0 Å². The molecule has 0 amide bonds. The average Bonchev–Trinajstić information content (AvgIpc) is 2.70. The Balaban J connectivity index is 2.37. The van der Waals surface area contributed by atoms with Gasteiger partial charge in [0.15, 0.2) is 11.6 Å². The zero-order valence-corrected chi connectivity index (χ0v) is 7.69. The van der Waals surface area contributed by atoms with Gasteiger partial charge in [-0.25, -0.2) is 4.79 Å². The van der Waals surface area contributed by atoms with Crippen molar-refractivity contribution in [1.29, 1.82) is 0 Å². The van der Waals surface area contributed by atoms with Gasteiger partial charge in [-0.1, -0.05) is 18.0 Å². The van der Waals surface area contributed by atoms with Crippen molar-refractivity contribution in [2.24, 2.45) is 0 Å². The lowest BCUT2D eigenvalue weighted by Crippen LogP contribution is -2.05. The molecule has 1 aromatic rings. The summed E-state index contributed by atoms with van der Waals surface area (Å²) < 4.78 is 4.98. The molecule has 3 N–H and O–H groups in total. The van der Waals surface area contributed by atoms with E-state index >= 15 is 0 Å². The largest absolute Gasteiger partial charge is 0.477 e. The summed E-state index contributed by atoms with van der Waals surface area (Å²) in [5.74, 6) is -0.427. The van der Waals surface area contributed by atoms with E-state index in [2.05, 4.69) is 5.16 Å². The Kier molecular flexibility index (Phi) is 2.15. The number of nitrogens with two attached hydrogens (primary N) is 1. The zero-order chi connectivity index (χ0) is 10.1. The van der Waals surface area contributed by atoms with Crippen molar-refractivity contribution < 1.29 is 14.4 Å². The highest BCUT2D eigenvalue weighted by Gasteiger charge is 2.29. The maximum Gasteiger partial charge on any atom is 0.343 e. The van der Waals surface area contributed by atoms with E-state index < -0.39 is 5.97 Å². The molecule has 0 aliphatic heterocycles. The first-order valence-electron chi connectivity index (χ1n) is 4.68. The van der Waals surface area contributed by atoms with E-state index in [9.17, 15) is 4.79 Å². The van der Waals surface area contributed by atoms with Crippen LogP contribution in [0.4, 0.5) is 5.82 Å². The van der Waals surface area contributed by atoms with Gasteiger partial charge in [0.25, 0.3) is 0 Å². The fourth-order valence-corrected chi connectivity index (χ4v) is 2.00. The molecule has 1 saturated carbocycles. The fourth-order valence-electron chi connectivity index (χ4n) is 2.00. The molecule has 5 nitrogen and oxygen atoms in total. The molecule has 2 rings (SSSR count). The van der Waals surface area contributed by atoms with Gasteiger partial charge in [0.1, 0.15) is 5.56 Å². The Hall–Kier alpha value is -1.52. The first-order chi connectivity index (χ1) is 6.70. The highest BCUT2D eigenvalue weighted by atomic mass is 16.5. The monoisotopic (exact) mass is 196 g/mol. The molecule has 1 heterocycles. The van der Waals surface area contributed by atoms with E-state index in [1.807, 2.05) is 0 Å². The van der Waals surface area contributed by atoms with Crippen LogP contribution >= 0.6 is 0 Å². The summed E-state index contributed by atoms with van der Waals surface area (Å²) in [4.78, 5) is 10.9. The molecule has 0 unspecified atom stereocenters. The summed E-state index contributed by atoms with van der Waals surface area (Å²) in [5.41, 5.74) is 5.48. The van der Waals surface area contributed by atoms with Crippen molar-refractivity contribution in [3.63, 3.8) is 0 Å². The zero-order valence-electron chi connectivity index (χ0n) is 7.69. The van der Waals surface area contributed by atoms with Crippen LogP contribution in [0.15, 0.2) is 4.52 Å². The van der Waals surface area contributed by atoms with Crippen LogP contribution in [-0.2, 0) is 0 Å². The first kappa shape index (κ1) is 9.05. The van der Waals surface area contributed by atoms with Crippen molar-refractivity contribution >= 4 is 11.8 Å². The quantitative estimate of drug-likeness (QED) is 0.750.